The molecule has 2 heterocycles. The fourth-order valence-corrected chi connectivity index (χ4v) is 3.00. The number of rotatable bonds is 4. The van der Waals surface area contributed by atoms with Crippen molar-refractivity contribution in [3.8, 4) is 0 Å². The summed E-state index contributed by atoms with van der Waals surface area (Å²) < 4.78 is 0. The van der Waals surface area contributed by atoms with Crippen LogP contribution in [-0.4, -0.2) is 40.4 Å². The van der Waals surface area contributed by atoms with Crippen LogP contribution in [-0.2, 0) is 0 Å². The minimum atomic E-state index is -0.500. The lowest BCUT2D eigenvalue weighted by molar-refractivity contribution is 0.0903. The van der Waals surface area contributed by atoms with Crippen molar-refractivity contribution in [1.29, 1.82) is 0 Å². The van der Waals surface area contributed by atoms with Crippen LogP contribution in [0, 0.1) is 0 Å². The Bertz CT molecular complexity index is 801. The van der Waals surface area contributed by atoms with Crippen LogP contribution in [0.25, 0.3) is 0 Å². The Hall–Kier alpha value is -2.22. The zero-order valence-electron chi connectivity index (χ0n) is 14.7. The summed E-state index contributed by atoms with van der Waals surface area (Å²) in [6.07, 6.45) is 4.65. The summed E-state index contributed by atoms with van der Waals surface area (Å²) >= 11 is 5.84. The summed E-state index contributed by atoms with van der Waals surface area (Å²) in [5.41, 5.74) is 0.551. The van der Waals surface area contributed by atoms with Crippen LogP contribution in [0.3, 0.4) is 0 Å². The van der Waals surface area contributed by atoms with Crippen LogP contribution in [0.5, 0.6) is 0 Å². The third-order valence-corrected chi connectivity index (χ3v) is 4.56. The second kappa shape index (κ2) is 9.64. The largest absolute Gasteiger partial charge is 0.346 e. The van der Waals surface area contributed by atoms with Crippen molar-refractivity contribution >= 4 is 41.5 Å². The van der Waals surface area contributed by atoms with Gasteiger partial charge in [0, 0.05) is 35.2 Å². The molecule has 3 N–H and O–H groups in total. The van der Waals surface area contributed by atoms with Crippen molar-refractivity contribution in [3.63, 3.8) is 0 Å². The van der Waals surface area contributed by atoms with Crippen molar-refractivity contribution in [2.45, 2.75) is 31.8 Å². The minimum absolute atomic E-state index is 0. The highest BCUT2D eigenvalue weighted by atomic mass is 35.5. The number of nitrogens with one attached hydrogen (secondary N) is 3. The minimum Gasteiger partial charge on any atom is -0.346 e. The molecule has 2 amide bonds. The van der Waals surface area contributed by atoms with Gasteiger partial charge in [-0.05, 0) is 50.6 Å². The number of amides is 2. The van der Waals surface area contributed by atoms with Gasteiger partial charge in [0.2, 0.25) is 0 Å². The lowest BCUT2D eigenvalue weighted by Crippen LogP contribution is -2.52. The maximum Gasteiger partial charge on any atom is 0.276 e. The van der Waals surface area contributed by atoms with E-state index in [4.69, 9.17) is 11.6 Å². The van der Waals surface area contributed by atoms with Gasteiger partial charge in [-0.25, -0.2) is 9.97 Å². The van der Waals surface area contributed by atoms with Crippen molar-refractivity contribution < 1.29 is 9.59 Å². The molecule has 0 spiro atoms. The molecular weight excluding hydrogens is 389 g/mol. The molecule has 1 aromatic carbocycles. The first-order valence-corrected chi connectivity index (χ1v) is 8.84. The standard InChI is InChI=1S/C18H20ClN5O2.ClH/c1-11-14(3-2-8-20-11)24-18(26)16-15(21-9-10-22-16)17(25)23-13-6-4-12(19)5-7-13;/h4-7,9-11,14,20H,2-3,8H2,1H3,(H,23,25)(H,24,26);1H. The predicted molar refractivity (Wildman–Crippen MR) is 107 cm³/mol. The second-order valence-corrected chi connectivity index (χ2v) is 6.62. The number of hydrogen-bond acceptors (Lipinski definition) is 5. The van der Waals surface area contributed by atoms with Crippen LogP contribution in [0.2, 0.25) is 5.02 Å². The van der Waals surface area contributed by atoms with Gasteiger partial charge in [-0.3, -0.25) is 9.59 Å². The van der Waals surface area contributed by atoms with Crippen molar-refractivity contribution in [3.05, 3.63) is 53.1 Å². The highest BCUT2D eigenvalue weighted by Gasteiger charge is 2.26. The quantitative estimate of drug-likeness (QED) is 0.721. The Morgan fingerprint density at radius 2 is 1.74 bits per heavy atom. The van der Waals surface area contributed by atoms with E-state index < -0.39 is 11.8 Å². The average Bonchev–Trinajstić information content (AvgIpc) is 2.65. The van der Waals surface area contributed by atoms with E-state index in [0.717, 1.165) is 19.4 Å². The van der Waals surface area contributed by atoms with E-state index in [1.807, 2.05) is 6.92 Å². The van der Waals surface area contributed by atoms with Gasteiger partial charge in [0.1, 0.15) is 0 Å². The first-order chi connectivity index (χ1) is 12.5. The molecule has 1 fully saturated rings. The summed E-state index contributed by atoms with van der Waals surface area (Å²) in [5, 5.41) is 9.54. The smallest absolute Gasteiger partial charge is 0.276 e. The molecule has 2 unspecified atom stereocenters. The molecule has 0 radical (unpaired) electrons. The zero-order valence-corrected chi connectivity index (χ0v) is 16.3. The van der Waals surface area contributed by atoms with E-state index in [1.54, 1.807) is 24.3 Å². The number of carbonyl (C=O) groups is 2. The van der Waals surface area contributed by atoms with E-state index in [-0.39, 0.29) is 35.9 Å². The third-order valence-electron chi connectivity index (χ3n) is 4.31. The fourth-order valence-electron chi connectivity index (χ4n) is 2.87. The Kier molecular flexibility index (Phi) is 7.53. The van der Waals surface area contributed by atoms with Gasteiger partial charge < -0.3 is 16.0 Å². The number of benzene rings is 1. The molecule has 2 atom stereocenters. The normalized spacial score (nSPS) is 18.9. The van der Waals surface area contributed by atoms with E-state index in [1.165, 1.54) is 12.4 Å². The van der Waals surface area contributed by atoms with Crippen LogP contribution in [0.15, 0.2) is 36.7 Å². The van der Waals surface area contributed by atoms with Gasteiger partial charge in [0.15, 0.2) is 11.4 Å². The number of carbonyl (C=O) groups excluding carboxylic acids is 2. The first-order valence-electron chi connectivity index (χ1n) is 8.47. The highest BCUT2D eigenvalue weighted by Crippen LogP contribution is 2.15. The van der Waals surface area contributed by atoms with Gasteiger partial charge in [0.25, 0.3) is 11.8 Å². The summed E-state index contributed by atoms with van der Waals surface area (Å²) in [7, 11) is 0. The Morgan fingerprint density at radius 1 is 1.11 bits per heavy atom. The van der Waals surface area contributed by atoms with E-state index in [0.29, 0.717) is 10.7 Å². The van der Waals surface area contributed by atoms with Gasteiger partial charge in [-0.2, -0.15) is 0 Å². The molecular formula is C18H21Cl2N5O2. The molecule has 3 rings (SSSR count). The van der Waals surface area contributed by atoms with Gasteiger partial charge in [0.05, 0.1) is 0 Å². The molecule has 1 saturated heterocycles. The number of halogens is 2. The molecule has 1 aromatic heterocycles. The lowest BCUT2D eigenvalue weighted by atomic mass is 9.99. The summed E-state index contributed by atoms with van der Waals surface area (Å²) in [6.45, 7) is 2.96. The number of aromatic nitrogens is 2. The van der Waals surface area contributed by atoms with Crippen LogP contribution < -0.4 is 16.0 Å². The Morgan fingerprint density at radius 3 is 2.37 bits per heavy atom. The molecule has 27 heavy (non-hydrogen) atoms. The van der Waals surface area contributed by atoms with Crippen LogP contribution in [0.1, 0.15) is 40.7 Å². The summed E-state index contributed by atoms with van der Waals surface area (Å²) in [5.74, 6) is -0.903. The van der Waals surface area contributed by atoms with Crippen molar-refractivity contribution in [2.24, 2.45) is 0 Å². The maximum atomic E-state index is 12.6. The molecule has 2 aromatic rings. The Balaban J connectivity index is 0.00000261. The number of nitrogens with zero attached hydrogens (tertiary/aromatic N) is 2. The second-order valence-electron chi connectivity index (χ2n) is 6.18. The highest BCUT2D eigenvalue weighted by molar-refractivity contribution is 6.30. The molecule has 9 heteroatoms. The molecule has 1 aliphatic rings. The molecule has 1 aliphatic heterocycles. The molecule has 7 nitrogen and oxygen atoms in total. The van der Waals surface area contributed by atoms with Gasteiger partial charge >= 0.3 is 0 Å². The Labute approximate surface area is 168 Å². The van der Waals surface area contributed by atoms with Crippen LogP contribution >= 0.6 is 24.0 Å². The SMILES string of the molecule is CC1NCCCC1NC(=O)c1nccnc1C(=O)Nc1ccc(Cl)cc1.Cl. The van der Waals surface area contributed by atoms with E-state index in [2.05, 4.69) is 25.9 Å². The van der Waals surface area contributed by atoms with Crippen molar-refractivity contribution in [1.82, 2.24) is 20.6 Å². The first kappa shape index (κ1) is 21.1. The van der Waals surface area contributed by atoms with E-state index in [9.17, 15) is 9.59 Å². The molecule has 0 aliphatic carbocycles. The van der Waals surface area contributed by atoms with Crippen molar-refractivity contribution in [2.75, 3.05) is 11.9 Å². The molecule has 0 bridgehead atoms. The number of anilines is 1. The van der Waals surface area contributed by atoms with E-state index >= 15 is 0 Å². The predicted octanol–water partition coefficient (Wildman–Crippen LogP) is 2.67. The summed E-state index contributed by atoms with van der Waals surface area (Å²) in [6, 6.07) is 6.83. The third kappa shape index (κ3) is 5.38. The lowest BCUT2D eigenvalue weighted by Gasteiger charge is -2.30. The number of piperidine rings is 1. The number of hydrogen-bond donors (Lipinski definition) is 3. The average molecular weight is 410 g/mol. The summed E-state index contributed by atoms with van der Waals surface area (Å²) in [4.78, 5) is 33.3. The van der Waals surface area contributed by atoms with Gasteiger partial charge in [-0.1, -0.05) is 11.6 Å². The molecule has 0 saturated carbocycles. The van der Waals surface area contributed by atoms with Crippen LogP contribution in [0.4, 0.5) is 5.69 Å². The monoisotopic (exact) mass is 409 g/mol. The molecule has 144 valence electrons. The zero-order chi connectivity index (χ0) is 18.5. The maximum absolute atomic E-state index is 12.6. The van der Waals surface area contributed by atoms with Gasteiger partial charge in [-0.15, -0.1) is 12.4 Å². The topological polar surface area (TPSA) is 96.0 Å². The fraction of sp³-hybridized carbons (Fsp3) is 0.333.